The second kappa shape index (κ2) is 6.38. The predicted molar refractivity (Wildman–Crippen MR) is 90.0 cm³/mol. The molecule has 4 rings (SSSR count). The molecule has 2 amide bonds. The third kappa shape index (κ3) is 2.92. The standard InChI is InChI=1S/C17H20N2O4S/c20-15(18-7-5-17(6-8-18)22-9-10-23-17)11-19-13-3-1-2-4-14(13)24-12-16(19)21/h1-4H,5-12H2. The minimum absolute atomic E-state index is 0.0111. The first-order valence-corrected chi connectivity index (χ1v) is 9.23. The molecular weight excluding hydrogens is 328 g/mol. The summed E-state index contributed by atoms with van der Waals surface area (Å²) in [6.45, 7) is 2.58. The van der Waals surface area contributed by atoms with Gasteiger partial charge in [0.05, 0.1) is 24.7 Å². The van der Waals surface area contributed by atoms with Crippen molar-refractivity contribution in [3.05, 3.63) is 24.3 Å². The second-order valence-corrected chi connectivity index (χ2v) is 7.24. The molecular formula is C17H20N2O4S. The van der Waals surface area contributed by atoms with Crippen LogP contribution in [-0.2, 0) is 19.1 Å². The van der Waals surface area contributed by atoms with E-state index in [0.29, 0.717) is 44.9 Å². The average molecular weight is 348 g/mol. The summed E-state index contributed by atoms with van der Waals surface area (Å²) in [6, 6.07) is 7.74. The molecule has 0 aliphatic carbocycles. The van der Waals surface area contributed by atoms with Crippen LogP contribution in [-0.4, -0.2) is 61.1 Å². The Bertz CT molecular complexity index is 650. The quantitative estimate of drug-likeness (QED) is 0.810. The number of benzene rings is 1. The lowest BCUT2D eigenvalue weighted by Crippen LogP contribution is -2.51. The first-order valence-electron chi connectivity index (χ1n) is 8.25. The summed E-state index contributed by atoms with van der Waals surface area (Å²) >= 11 is 1.53. The molecule has 1 aromatic carbocycles. The largest absolute Gasteiger partial charge is 0.347 e. The Morgan fingerprint density at radius 1 is 1.17 bits per heavy atom. The number of rotatable bonds is 2. The van der Waals surface area contributed by atoms with E-state index in [1.54, 1.807) is 4.90 Å². The Morgan fingerprint density at radius 3 is 2.62 bits per heavy atom. The molecule has 0 aromatic heterocycles. The second-order valence-electron chi connectivity index (χ2n) is 6.22. The van der Waals surface area contributed by atoms with Crippen molar-refractivity contribution < 1.29 is 19.1 Å². The number of carbonyl (C=O) groups is 2. The van der Waals surface area contributed by atoms with Gasteiger partial charge in [0.2, 0.25) is 11.8 Å². The molecule has 1 aromatic rings. The van der Waals surface area contributed by atoms with Gasteiger partial charge in [-0.25, -0.2) is 0 Å². The van der Waals surface area contributed by atoms with Gasteiger partial charge in [0.15, 0.2) is 5.79 Å². The summed E-state index contributed by atoms with van der Waals surface area (Å²) in [6.07, 6.45) is 1.39. The van der Waals surface area contributed by atoms with Gasteiger partial charge in [-0.05, 0) is 12.1 Å². The molecule has 128 valence electrons. The number of para-hydroxylation sites is 1. The first-order chi connectivity index (χ1) is 11.7. The number of anilines is 1. The van der Waals surface area contributed by atoms with Crippen LogP contribution < -0.4 is 4.90 Å². The fraction of sp³-hybridized carbons (Fsp3) is 0.529. The molecule has 3 heterocycles. The Hall–Kier alpha value is -1.57. The van der Waals surface area contributed by atoms with Gasteiger partial charge in [-0.3, -0.25) is 9.59 Å². The molecule has 0 N–H and O–H groups in total. The van der Waals surface area contributed by atoms with Gasteiger partial charge >= 0.3 is 0 Å². The first kappa shape index (κ1) is 15.9. The molecule has 0 unspecified atom stereocenters. The Morgan fingerprint density at radius 2 is 1.88 bits per heavy atom. The monoisotopic (exact) mass is 348 g/mol. The van der Waals surface area contributed by atoms with Crippen molar-refractivity contribution in [2.45, 2.75) is 23.5 Å². The lowest BCUT2D eigenvalue weighted by atomic mass is 10.0. The van der Waals surface area contributed by atoms with Crippen LogP contribution >= 0.6 is 11.8 Å². The van der Waals surface area contributed by atoms with E-state index >= 15 is 0 Å². The van der Waals surface area contributed by atoms with Gasteiger partial charge < -0.3 is 19.3 Å². The number of fused-ring (bicyclic) bond motifs is 1. The van der Waals surface area contributed by atoms with Crippen molar-refractivity contribution in [2.75, 3.05) is 43.5 Å². The van der Waals surface area contributed by atoms with Gasteiger partial charge in [-0.15, -0.1) is 11.8 Å². The molecule has 0 saturated carbocycles. The van der Waals surface area contributed by atoms with Crippen molar-refractivity contribution in [3.8, 4) is 0 Å². The zero-order valence-corrected chi connectivity index (χ0v) is 14.2. The molecule has 6 nitrogen and oxygen atoms in total. The summed E-state index contributed by atoms with van der Waals surface area (Å²) in [5.41, 5.74) is 0.836. The lowest BCUT2D eigenvalue weighted by Gasteiger charge is -2.38. The van der Waals surface area contributed by atoms with Crippen LogP contribution in [0, 0.1) is 0 Å². The van der Waals surface area contributed by atoms with Crippen molar-refractivity contribution in [3.63, 3.8) is 0 Å². The highest BCUT2D eigenvalue weighted by atomic mass is 32.2. The van der Waals surface area contributed by atoms with E-state index in [2.05, 4.69) is 0 Å². The molecule has 0 radical (unpaired) electrons. The summed E-state index contributed by atoms with van der Waals surface area (Å²) in [4.78, 5) is 29.4. The lowest BCUT2D eigenvalue weighted by molar-refractivity contribution is -0.187. The van der Waals surface area contributed by atoms with Crippen molar-refractivity contribution in [1.82, 2.24) is 4.90 Å². The number of amides is 2. The highest BCUT2D eigenvalue weighted by Crippen LogP contribution is 2.35. The summed E-state index contributed by atoms with van der Waals surface area (Å²) in [5.74, 6) is -0.128. The van der Waals surface area contributed by atoms with Crippen molar-refractivity contribution >= 4 is 29.3 Å². The van der Waals surface area contributed by atoms with Gasteiger partial charge in [-0.2, -0.15) is 0 Å². The normalized spacial score (nSPS) is 22.8. The molecule has 3 aliphatic heterocycles. The fourth-order valence-corrected chi connectivity index (χ4v) is 4.38. The molecule has 0 atom stereocenters. The summed E-state index contributed by atoms with van der Waals surface area (Å²) in [7, 11) is 0. The van der Waals surface area contributed by atoms with Crippen LogP contribution in [0.3, 0.4) is 0 Å². The number of nitrogens with zero attached hydrogens (tertiary/aromatic N) is 2. The van der Waals surface area contributed by atoms with Gasteiger partial charge in [0.25, 0.3) is 0 Å². The van der Waals surface area contributed by atoms with Crippen LogP contribution in [0.5, 0.6) is 0 Å². The highest BCUT2D eigenvalue weighted by Gasteiger charge is 2.41. The molecule has 24 heavy (non-hydrogen) atoms. The number of hydrogen-bond acceptors (Lipinski definition) is 5. The van der Waals surface area contributed by atoms with Crippen molar-refractivity contribution in [2.24, 2.45) is 0 Å². The van der Waals surface area contributed by atoms with E-state index in [1.807, 2.05) is 29.2 Å². The Labute approximate surface area is 145 Å². The van der Waals surface area contributed by atoms with E-state index in [-0.39, 0.29) is 18.4 Å². The zero-order valence-electron chi connectivity index (χ0n) is 13.4. The van der Waals surface area contributed by atoms with Crippen LogP contribution in [0.1, 0.15) is 12.8 Å². The maximum Gasteiger partial charge on any atom is 0.242 e. The van der Waals surface area contributed by atoms with Gasteiger partial charge in [0.1, 0.15) is 6.54 Å². The number of thioether (sulfide) groups is 1. The summed E-state index contributed by atoms with van der Waals surface area (Å²) < 4.78 is 11.4. The topological polar surface area (TPSA) is 59.1 Å². The average Bonchev–Trinajstić information content (AvgIpc) is 3.06. The minimum Gasteiger partial charge on any atom is -0.347 e. The molecule has 1 spiro atoms. The van der Waals surface area contributed by atoms with Gasteiger partial charge in [-0.1, -0.05) is 12.1 Å². The summed E-state index contributed by atoms with van der Waals surface area (Å²) in [5, 5.41) is 0. The zero-order chi connectivity index (χ0) is 16.6. The van der Waals surface area contributed by atoms with Crippen molar-refractivity contribution in [1.29, 1.82) is 0 Å². The van der Waals surface area contributed by atoms with E-state index in [0.717, 1.165) is 10.6 Å². The Balaban J connectivity index is 1.42. The number of likely N-dealkylation sites (tertiary alicyclic amines) is 1. The predicted octanol–water partition coefficient (Wildman–Crippen LogP) is 1.49. The fourth-order valence-electron chi connectivity index (χ4n) is 3.45. The maximum atomic E-state index is 12.7. The maximum absolute atomic E-state index is 12.7. The number of carbonyl (C=O) groups excluding carboxylic acids is 2. The van der Waals surface area contributed by atoms with E-state index in [1.165, 1.54) is 11.8 Å². The van der Waals surface area contributed by atoms with Crippen LogP contribution in [0.4, 0.5) is 5.69 Å². The number of hydrogen-bond donors (Lipinski definition) is 0. The van der Waals surface area contributed by atoms with Crippen LogP contribution in [0.15, 0.2) is 29.2 Å². The number of piperidine rings is 1. The molecule has 2 fully saturated rings. The third-order valence-corrected chi connectivity index (χ3v) is 5.84. The van der Waals surface area contributed by atoms with E-state index in [9.17, 15) is 9.59 Å². The van der Waals surface area contributed by atoms with E-state index in [4.69, 9.17) is 9.47 Å². The molecule has 2 saturated heterocycles. The highest BCUT2D eigenvalue weighted by molar-refractivity contribution is 8.00. The van der Waals surface area contributed by atoms with E-state index < -0.39 is 5.79 Å². The van der Waals surface area contributed by atoms with Gasteiger partial charge in [0, 0.05) is 30.8 Å². The minimum atomic E-state index is -0.485. The smallest absolute Gasteiger partial charge is 0.242 e. The third-order valence-electron chi connectivity index (χ3n) is 4.79. The van der Waals surface area contributed by atoms with Crippen LogP contribution in [0.2, 0.25) is 0 Å². The molecule has 0 bridgehead atoms. The number of ether oxygens (including phenoxy) is 2. The molecule has 3 aliphatic rings. The SMILES string of the molecule is O=C(CN1C(=O)CSc2ccccc21)N1CCC2(CC1)OCCO2. The molecule has 7 heteroatoms. The van der Waals surface area contributed by atoms with Crippen LogP contribution in [0.25, 0.3) is 0 Å². The Kier molecular flexibility index (Phi) is 4.24.